The van der Waals surface area contributed by atoms with Gasteiger partial charge in [0.05, 0.1) is 10.2 Å². The van der Waals surface area contributed by atoms with Gasteiger partial charge in [-0.3, -0.25) is 0 Å². The molecule has 0 bridgehead atoms. The highest BCUT2D eigenvalue weighted by molar-refractivity contribution is 9.10. The second kappa shape index (κ2) is 5.98. The Bertz CT molecular complexity index is 484. The molecule has 0 aliphatic heterocycles. The molecule has 5 heteroatoms. The molecule has 2 N–H and O–H groups in total. The van der Waals surface area contributed by atoms with E-state index in [1.165, 1.54) is 38.5 Å². The van der Waals surface area contributed by atoms with E-state index >= 15 is 0 Å². The molecule has 2 aliphatic carbocycles. The van der Waals surface area contributed by atoms with Gasteiger partial charge in [-0.15, -0.1) is 0 Å². The summed E-state index contributed by atoms with van der Waals surface area (Å²) in [5, 5.41) is 0. The van der Waals surface area contributed by atoms with Gasteiger partial charge in [-0.2, -0.15) is 0 Å². The smallest absolute Gasteiger partial charge is 0.160 e. The Balaban J connectivity index is 1.94. The molecule has 0 saturated heterocycles. The van der Waals surface area contributed by atoms with Gasteiger partial charge in [0.2, 0.25) is 0 Å². The summed E-state index contributed by atoms with van der Waals surface area (Å²) < 4.78 is 6.76. The van der Waals surface area contributed by atoms with Gasteiger partial charge < -0.3 is 10.5 Å². The number of hydrogen-bond donors (Lipinski definition) is 1. The van der Waals surface area contributed by atoms with Crippen molar-refractivity contribution in [1.82, 2.24) is 9.97 Å². The quantitative estimate of drug-likeness (QED) is 0.881. The molecule has 0 aromatic carbocycles. The SMILES string of the molecule is CCOC(c1nc(N)c(Br)c(C2CCCC2)n1)C1CC1. The molecular formula is C15H22BrN3O. The van der Waals surface area contributed by atoms with E-state index in [1.807, 2.05) is 6.92 Å². The van der Waals surface area contributed by atoms with Gasteiger partial charge in [0.1, 0.15) is 11.9 Å². The maximum Gasteiger partial charge on any atom is 0.160 e. The number of ether oxygens (including phenoxy) is 1. The number of nitrogens with zero attached hydrogens (tertiary/aromatic N) is 2. The summed E-state index contributed by atoms with van der Waals surface area (Å²) in [5.74, 6) is 2.45. The van der Waals surface area contributed by atoms with Gasteiger partial charge in [0, 0.05) is 12.5 Å². The van der Waals surface area contributed by atoms with Crippen LogP contribution in [0.5, 0.6) is 0 Å². The second-order valence-electron chi connectivity index (χ2n) is 5.86. The molecule has 1 heterocycles. The Morgan fingerprint density at radius 2 is 1.95 bits per heavy atom. The van der Waals surface area contributed by atoms with Gasteiger partial charge in [0.15, 0.2) is 5.82 Å². The summed E-state index contributed by atoms with van der Waals surface area (Å²) in [7, 11) is 0. The first kappa shape index (κ1) is 14.3. The molecule has 0 amide bonds. The molecule has 0 radical (unpaired) electrons. The Kier molecular flexibility index (Phi) is 4.26. The Morgan fingerprint density at radius 3 is 2.55 bits per heavy atom. The molecule has 110 valence electrons. The van der Waals surface area contributed by atoms with E-state index in [2.05, 4.69) is 20.9 Å². The van der Waals surface area contributed by atoms with Crippen LogP contribution < -0.4 is 5.73 Å². The van der Waals surface area contributed by atoms with Crippen LogP contribution in [0.2, 0.25) is 0 Å². The largest absolute Gasteiger partial charge is 0.383 e. The van der Waals surface area contributed by atoms with Crippen molar-refractivity contribution in [3.63, 3.8) is 0 Å². The minimum atomic E-state index is 0.0237. The molecule has 3 rings (SSSR count). The van der Waals surface area contributed by atoms with Crippen LogP contribution in [-0.2, 0) is 4.74 Å². The van der Waals surface area contributed by atoms with Crippen LogP contribution in [-0.4, -0.2) is 16.6 Å². The lowest BCUT2D eigenvalue weighted by Gasteiger charge is -2.19. The number of anilines is 1. The number of aromatic nitrogens is 2. The zero-order chi connectivity index (χ0) is 14.1. The highest BCUT2D eigenvalue weighted by Gasteiger charge is 2.36. The minimum absolute atomic E-state index is 0.0237. The first-order valence-corrected chi connectivity index (χ1v) is 8.44. The average molecular weight is 340 g/mol. The molecule has 20 heavy (non-hydrogen) atoms. The molecule has 1 atom stereocenters. The van der Waals surface area contributed by atoms with Crippen LogP contribution in [0.4, 0.5) is 5.82 Å². The third-order valence-electron chi connectivity index (χ3n) is 4.31. The van der Waals surface area contributed by atoms with E-state index in [0.29, 0.717) is 24.3 Å². The van der Waals surface area contributed by atoms with Crippen molar-refractivity contribution in [2.45, 2.75) is 57.5 Å². The van der Waals surface area contributed by atoms with E-state index in [1.54, 1.807) is 0 Å². The predicted octanol–water partition coefficient (Wildman–Crippen LogP) is 3.97. The molecule has 1 aromatic rings. The fourth-order valence-electron chi connectivity index (χ4n) is 3.10. The lowest BCUT2D eigenvalue weighted by atomic mass is 10.0. The lowest BCUT2D eigenvalue weighted by molar-refractivity contribution is 0.0399. The molecule has 0 spiro atoms. The molecule has 2 fully saturated rings. The van der Waals surface area contributed by atoms with E-state index in [-0.39, 0.29) is 6.10 Å². The van der Waals surface area contributed by atoms with Crippen LogP contribution in [0.3, 0.4) is 0 Å². The summed E-state index contributed by atoms with van der Waals surface area (Å²) in [6.07, 6.45) is 7.43. The standard InChI is InChI=1S/C15H22BrN3O/c1-2-20-13(10-7-8-10)15-18-12(9-5-3-4-6-9)11(16)14(17)19-15/h9-10,13H,2-8H2,1H3,(H2,17,18,19). The third-order valence-corrected chi connectivity index (χ3v) is 5.12. The molecule has 2 saturated carbocycles. The van der Waals surface area contributed by atoms with E-state index < -0.39 is 0 Å². The van der Waals surface area contributed by atoms with Crippen LogP contribution in [0, 0.1) is 5.92 Å². The predicted molar refractivity (Wildman–Crippen MR) is 82.4 cm³/mol. The van der Waals surface area contributed by atoms with Crippen molar-refractivity contribution in [2.75, 3.05) is 12.3 Å². The van der Waals surface area contributed by atoms with Crippen molar-refractivity contribution < 1.29 is 4.74 Å². The fraction of sp³-hybridized carbons (Fsp3) is 0.733. The van der Waals surface area contributed by atoms with E-state index in [9.17, 15) is 0 Å². The van der Waals surface area contributed by atoms with Gasteiger partial charge >= 0.3 is 0 Å². The monoisotopic (exact) mass is 339 g/mol. The summed E-state index contributed by atoms with van der Waals surface area (Å²) in [5.41, 5.74) is 7.18. The number of rotatable bonds is 5. The molecule has 1 aromatic heterocycles. The molecular weight excluding hydrogens is 318 g/mol. The van der Waals surface area contributed by atoms with Crippen LogP contribution in [0.1, 0.15) is 69.0 Å². The maximum atomic E-state index is 6.09. The van der Waals surface area contributed by atoms with E-state index in [0.717, 1.165) is 16.0 Å². The van der Waals surface area contributed by atoms with Gasteiger partial charge in [0.25, 0.3) is 0 Å². The van der Waals surface area contributed by atoms with Gasteiger partial charge in [-0.1, -0.05) is 12.8 Å². The normalized spacial score (nSPS) is 21.3. The highest BCUT2D eigenvalue weighted by atomic mass is 79.9. The number of hydrogen-bond acceptors (Lipinski definition) is 4. The Morgan fingerprint density at radius 1 is 1.25 bits per heavy atom. The Hall–Kier alpha value is -0.680. The first-order valence-electron chi connectivity index (χ1n) is 7.65. The van der Waals surface area contributed by atoms with Crippen LogP contribution in [0.25, 0.3) is 0 Å². The van der Waals surface area contributed by atoms with Crippen molar-refractivity contribution in [3.05, 3.63) is 16.0 Å². The summed E-state index contributed by atoms with van der Waals surface area (Å²) in [6, 6.07) is 0. The Labute approximate surface area is 128 Å². The summed E-state index contributed by atoms with van der Waals surface area (Å²) in [6.45, 7) is 2.72. The van der Waals surface area contributed by atoms with Crippen molar-refractivity contribution >= 4 is 21.7 Å². The fourth-order valence-corrected chi connectivity index (χ4v) is 3.60. The zero-order valence-electron chi connectivity index (χ0n) is 11.9. The third kappa shape index (κ3) is 2.84. The highest BCUT2D eigenvalue weighted by Crippen LogP contribution is 2.44. The zero-order valence-corrected chi connectivity index (χ0v) is 13.5. The van der Waals surface area contributed by atoms with Crippen LogP contribution >= 0.6 is 15.9 Å². The summed E-state index contributed by atoms with van der Waals surface area (Å²) >= 11 is 3.57. The minimum Gasteiger partial charge on any atom is -0.383 e. The van der Waals surface area contributed by atoms with Crippen molar-refractivity contribution in [3.8, 4) is 0 Å². The molecule has 4 nitrogen and oxygen atoms in total. The second-order valence-corrected chi connectivity index (χ2v) is 6.65. The number of halogens is 1. The number of nitrogens with two attached hydrogens (primary N) is 1. The molecule has 2 aliphatic rings. The van der Waals surface area contributed by atoms with E-state index in [4.69, 9.17) is 15.5 Å². The average Bonchev–Trinajstić information content (AvgIpc) is 3.13. The summed E-state index contributed by atoms with van der Waals surface area (Å²) in [4.78, 5) is 9.31. The lowest BCUT2D eigenvalue weighted by Crippen LogP contribution is -2.15. The first-order chi connectivity index (χ1) is 9.70. The molecule has 1 unspecified atom stereocenters. The number of nitrogen functional groups attached to an aromatic ring is 1. The van der Waals surface area contributed by atoms with Crippen molar-refractivity contribution in [2.24, 2.45) is 5.92 Å². The van der Waals surface area contributed by atoms with Gasteiger partial charge in [-0.25, -0.2) is 9.97 Å². The van der Waals surface area contributed by atoms with Gasteiger partial charge in [-0.05, 0) is 54.5 Å². The maximum absolute atomic E-state index is 6.09. The van der Waals surface area contributed by atoms with Crippen LogP contribution in [0.15, 0.2) is 4.47 Å². The topological polar surface area (TPSA) is 61.0 Å². The van der Waals surface area contributed by atoms with Crippen molar-refractivity contribution in [1.29, 1.82) is 0 Å².